The van der Waals surface area contributed by atoms with Gasteiger partial charge in [-0.1, -0.05) is 17.7 Å². The fourth-order valence-electron chi connectivity index (χ4n) is 1.40. The summed E-state index contributed by atoms with van der Waals surface area (Å²) >= 11 is 1.57. The van der Waals surface area contributed by atoms with Crippen LogP contribution in [-0.2, 0) is 6.42 Å². The molecule has 0 unspecified atom stereocenters. The molecule has 1 aromatic carbocycles. The lowest BCUT2D eigenvalue weighted by Crippen LogP contribution is -2.03. The second-order valence-electron chi connectivity index (χ2n) is 3.83. The van der Waals surface area contributed by atoms with Gasteiger partial charge in [0.15, 0.2) is 5.16 Å². The van der Waals surface area contributed by atoms with Gasteiger partial charge in [0.1, 0.15) is 0 Å². The molecule has 88 valence electrons. The first kappa shape index (κ1) is 12.1. The summed E-state index contributed by atoms with van der Waals surface area (Å²) in [4.78, 5) is 9.78. The van der Waals surface area contributed by atoms with E-state index in [1.54, 1.807) is 11.8 Å². The molecule has 0 spiro atoms. The number of nitrogens with two attached hydrogens (primary N) is 1. The molecule has 0 fully saturated rings. The van der Waals surface area contributed by atoms with Crippen LogP contribution in [0.5, 0.6) is 0 Å². The molecular formula is C13H15N3S. The second-order valence-corrected chi connectivity index (χ2v) is 4.87. The monoisotopic (exact) mass is 245 g/mol. The summed E-state index contributed by atoms with van der Waals surface area (Å²) in [6.07, 6.45) is 4.52. The minimum Gasteiger partial charge on any atom is -0.330 e. The quantitative estimate of drug-likeness (QED) is 0.841. The van der Waals surface area contributed by atoms with Gasteiger partial charge in [-0.25, -0.2) is 9.97 Å². The third-order valence-electron chi connectivity index (χ3n) is 2.34. The predicted octanol–water partition coefficient (Wildman–Crippen LogP) is 2.44. The van der Waals surface area contributed by atoms with Gasteiger partial charge in [0.05, 0.1) is 0 Å². The van der Waals surface area contributed by atoms with Gasteiger partial charge in [0, 0.05) is 17.3 Å². The number of nitrogens with zero attached hydrogens (tertiary/aromatic N) is 2. The third-order valence-corrected chi connectivity index (χ3v) is 3.25. The molecule has 1 heterocycles. The summed E-state index contributed by atoms with van der Waals surface area (Å²) in [6.45, 7) is 2.71. The van der Waals surface area contributed by atoms with Crippen LogP contribution >= 0.6 is 11.8 Å². The van der Waals surface area contributed by atoms with E-state index in [1.165, 1.54) is 5.56 Å². The maximum Gasteiger partial charge on any atom is 0.192 e. The Bertz CT molecular complexity index is 465. The average molecular weight is 245 g/mol. The van der Waals surface area contributed by atoms with Crippen LogP contribution in [0.4, 0.5) is 0 Å². The highest BCUT2D eigenvalue weighted by Gasteiger charge is 2.00. The summed E-state index contributed by atoms with van der Waals surface area (Å²) in [5.41, 5.74) is 7.82. The number of aromatic nitrogens is 2. The van der Waals surface area contributed by atoms with Crippen LogP contribution in [0.1, 0.15) is 11.1 Å². The second kappa shape index (κ2) is 5.80. The number of benzene rings is 1. The first-order valence-electron chi connectivity index (χ1n) is 5.53. The normalized spacial score (nSPS) is 10.5. The standard InChI is InChI=1S/C13H15N3S/c1-10-2-4-12(5-3-10)17-13-15-8-11(6-7-14)9-16-13/h2-5,8-9H,6-7,14H2,1H3. The molecule has 3 nitrogen and oxygen atoms in total. The van der Waals surface area contributed by atoms with Crippen molar-refractivity contribution >= 4 is 11.8 Å². The first-order chi connectivity index (χ1) is 8.28. The number of hydrogen-bond acceptors (Lipinski definition) is 4. The smallest absolute Gasteiger partial charge is 0.192 e. The third kappa shape index (κ3) is 3.54. The summed E-state index contributed by atoms with van der Waals surface area (Å²) in [5, 5.41) is 0.773. The van der Waals surface area contributed by atoms with Crippen molar-refractivity contribution in [1.82, 2.24) is 9.97 Å². The van der Waals surface area contributed by atoms with E-state index in [1.807, 2.05) is 12.4 Å². The van der Waals surface area contributed by atoms with Crippen LogP contribution in [-0.4, -0.2) is 16.5 Å². The Balaban J connectivity index is 2.05. The van der Waals surface area contributed by atoms with Crippen molar-refractivity contribution in [2.24, 2.45) is 5.73 Å². The van der Waals surface area contributed by atoms with Crippen LogP contribution in [0.2, 0.25) is 0 Å². The first-order valence-corrected chi connectivity index (χ1v) is 6.35. The van der Waals surface area contributed by atoms with Crippen LogP contribution < -0.4 is 5.73 Å². The number of aryl methyl sites for hydroxylation is 1. The largest absolute Gasteiger partial charge is 0.330 e. The maximum atomic E-state index is 5.48. The molecule has 4 heteroatoms. The lowest BCUT2D eigenvalue weighted by atomic mass is 10.2. The molecule has 0 bridgehead atoms. The zero-order valence-corrected chi connectivity index (χ0v) is 10.6. The Hall–Kier alpha value is -1.39. The van der Waals surface area contributed by atoms with Crippen molar-refractivity contribution < 1.29 is 0 Å². The average Bonchev–Trinajstić information content (AvgIpc) is 2.35. The molecule has 0 saturated carbocycles. The number of rotatable bonds is 4. The zero-order chi connectivity index (χ0) is 12.1. The van der Waals surface area contributed by atoms with Gasteiger partial charge in [-0.3, -0.25) is 0 Å². The summed E-state index contributed by atoms with van der Waals surface area (Å²) in [5.74, 6) is 0. The Kier molecular flexibility index (Phi) is 4.12. The highest BCUT2D eigenvalue weighted by molar-refractivity contribution is 7.99. The van der Waals surface area contributed by atoms with Gasteiger partial charge in [0.2, 0.25) is 0 Å². The van der Waals surface area contributed by atoms with Gasteiger partial charge in [0.25, 0.3) is 0 Å². The van der Waals surface area contributed by atoms with Crippen LogP contribution in [0.3, 0.4) is 0 Å². The molecule has 0 radical (unpaired) electrons. The van der Waals surface area contributed by atoms with E-state index in [4.69, 9.17) is 5.73 Å². The lowest BCUT2D eigenvalue weighted by Gasteiger charge is -2.02. The Morgan fingerprint density at radius 2 is 1.76 bits per heavy atom. The van der Waals surface area contributed by atoms with E-state index in [2.05, 4.69) is 41.2 Å². The van der Waals surface area contributed by atoms with Crippen molar-refractivity contribution in [3.05, 3.63) is 47.8 Å². The molecule has 2 rings (SSSR count). The maximum absolute atomic E-state index is 5.48. The van der Waals surface area contributed by atoms with Crippen LogP contribution in [0.15, 0.2) is 46.7 Å². The minimum atomic E-state index is 0.633. The zero-order valence-electron chi connectivity index (χ0n) is 9.76. The predicted molar refractivity (Wildman–Crippen MR) is 70.1 cm³/mol. The fourth-order valence-corrected chi connectivity index (χ4v) is 2.10. The molecule has 0 aliphatic rings. The molecule has 0 atom stereocenters. The molecule has 17 heavy (non-hydrogen) atoms. The van der Waals surface area contributed by atoms with Crippen molar-refractivity contribution in [3.8, 4) is 0 Å². The molecule has 2 aromatic rings. The highest BCUT2D eigenvalue weighted by atomic mass is 32.2. The SMILES string of the molecule is Cc1ccc(Sc2ncc(CCN)cn2)cc1. The van der Waals surface area contributed by atoms with Crippen molar-refractivity contribution in [1.29, 1.82) is 0 Å². The molecular weight excluding hydrogens is 230 g/mol. The van der Waals surface area contributed by atoms with Gasteiger partial charge in [-0.15, -0.1) is 0 Å². The van der Waals surface area contributed by atoms with Crippen molar-refractivity contribution in [2.45, 2.75) is 23.4 Å². The Labute approximate surface area is 105 Å². The summed E-state index contributed by atoms with van der Waals surface area (Å²) in [7, 11) is 0. The van der Waals surface area contributed by atoms with Gasteiger partial charge < -0.3 is 5.73 Å². The van der Waals surface area contributed by atoms with E-state index >= 15 is 0 Å². The molecule has 0 aliphatic carbocycles. The minimum absolute atomic E-state index is 0.633. The highest BCUT2D eigenvalue weighted by Crippen LogP contribution is 2.24. The molecule has 0 amide bonds. The van der Waals surface area contributed by atoms with Crippen molar-refractivity contribution in [3.63, 3.8) is 0 Å². The van der Waals surface area contributed by atoms with Crippen LogP contribution in [0, 0.1) is 6.92 Å². The van der Waals surface area contributed by atoms with E-state index in [0.717, 1.165) is 22.0 Å². The van der Waals surface area contributed by atoms with Gasteiger partial charge >= 0.3 is 0 Å². The fraction of sp³-hybridized carbons (Fsp3) is 0.231. The van der Waals surface area contributed by atoms with E-state index in [9.17, 15) is 0 Å². The summed E-state index contributed by atoms with van der Waals surface area (Å²) in [6, 6.07) is 8.34. The van der Waals surface area contributed by atoms with E-state index < -0.39 is 0 Å². The van der Waals surface area contributed by atoms with Crippen molar-refractivity contribution in [2.75, 3.05) is 6.54 Å². The molecule has 0 aliphatic heterocycles. The summed E-state index contributed by atoms with van der Waals surface area (Å²) < 4.78 is 0. The Morgan fingerprint density at radius 3 is 2.35 bits per heavy atom. The molecule has 2 N–H and O–H groups in total. The van der Waals surface area contributed by atoms with Gasteiger partial charge in [-0.2, -0.15) is 0 Å². The Morgan fingerprint density at radius 1 is 1.12 bits per heavy atom. The van der Waals surface area contributed by atoms with Gasteiger partial charge in [-0.05, 0) is 49.3 Å². The van der Waals surface area contributed by atoms with E-state index in [-0.39, 0.29) is 0 Å². The topological polar surface area (TPSA) is 51.8 Å². The lowest BCUT2D eigenvalue weighted by molar-refractivity contribution is 0.890. The van der Waals surface area contributed by atoms with E-state index in [0.29, 0.717) is 6.54 Å². The number of hydrogen-bond donors (Lipinski definition) is 1. The van der Waals surface area contributed by atoms with Crippen LogP contribution in [0.25, 0.3) is 0 Å². The molecule has 0 saturated heterocycles. The molecule has 1 aromatic heterocycles.